The van der Waals surface area contributed by atoms with Crippen LogP contribution < -0.4 is 5.32 Å². The van der Waals surface area contributed by atoms with Crippen molar-refractivity contribution in [3.63, 3.8) is 0 Å². The van der Waals surface area contributed by atoms with Gasteiger partial charge in [-0.3, -0.25) is 14.7 Å². The lowest BCUT2D eigenvalue weighted by Crippen LogP contribution is -2.56. The predicted molar refractivity (Wildman–Crippen MR) is 98.1 cm³/mol. The Morgan fingerprint density at radius 1 is 1.04 bits per heavy atom. The van der Waals surface area contributed by atoms with Gasteiger partial charge in [-0.1, -0.05) is 36.8 Å². The van der Waals surface area contributed by atoms with E-state index in [4.69, 9.17) is 0 Å². The normalized spacial score (nSPS) is 26.2. The lowest BCUT2D eigenvalue weighted by atomic mass is 9.81. The second-order valence-corrected chi connectivity index (χ2v) is 7.27. The highest BCUT2D eigenvalue weighted by molar-refractivity contribution is 5.94. The van der Waals surface area contributed by atoms with Gasteiger partial charge in [-0.05, 0) is 43.4 Å². The van der Waals surface area contributed by atoms with Gasteiger partial charge in [0.25, 0.3) is 5.91 Å². The summed E-state index contributed by atoms with van der Waals surface area (Å²) in [7, 11) is 0. The zero-order chi connectivity index (χ0) is 17.1. The highest BCUT2D eigenvalue weighted by Gasteiger charge is 2.38. The molecule has 1 amide bonds. The van der Waals surface area contributed by atoms with E-state index in [1.165, 1.54) is 24.8 Å². The van der Waals surface area contributed by atoms with Crippen molar-refractivity contribution in [2.24, 2.45) is 0 Å². The molecule has 3 atom stereocenters. The number of piperidine rings is 2. The standard InChI is InChI=1S/C21H25N3O/c25-21(17-9-11-22-12-10-17)23-18-13-19-7-4-8-20(14-18)24(19)15-16-5-2-1-3-6-16/h1-3,5-6,9-12,18-20H,4,7-8,13-15H2,(H,23,25)/t18?,19-,20+. The van der Waals surface area contributed by atoms with E-state index in [1.807, 2.05) is 0 Å². The Morgan fingerprint density at radius 3 is 2.40 bits per heavy atom. The number of benzene rings is 1. The monoisotopic (exact) mass is 335 g/mol. The van der Waals surface area contributed by atoms with Gasteiger partial charge in [0.2, 0.25) is 0 Å². The SMILES string of the molecule is O=C(NC1C[C@H]2CCC[C@@H](C1)N2Cc1ccccc1)c1ccncc1. The maximum absolute atomic E-state index is 12.5. The summed E-state index contributed by atoms with van der Waals surface area (Å²) in [5.74, 6) is 0.0296. The second-order valence-electron chi connectivity index (χ2n) is 7.27. The van der Waals surface area contributed by atoms with Crippen molar-refractivity contribution in [3.8, 4) is 0 Å². The van der Waals surface area contributed by atoms with Crippen molar-refractivity contribution in [3.05, 3.63) is 66.0 Å². The number of aromatic nitrogens is 1. The third kappa shape index (κ3) is 3.74. The molecule has 0 saturated carbocycles. The first-order chi connectivity index (χ1) is 12.3. The number of carbonyl (C=O) groups is 1. The molecule has 4 rings (SSSR count). The summed E-state index contributed by atoms with van der Waals surface area (Å²) in [5.41, 5.74) is 2.09. The van der Waals surface area contributed by atoms with Gasteiger partial charge in [-0.2, -0.15) is 0 Å². The summed E-state index contributed by atoms with van der Waals surface area (Å²) in [5, 5.41) is 3.25. The molecule has 130 valence electrons. The van der Waals surface area contributed by atoms with Crippen LogP contribution in [0.2, 0.25) is 0 Å². The van der Waals surface area contributed by atoms with Crippen LogP contribution >= 0.6 is 0 Å². The first-order valence-corrected chi connectivity index (χ1v) is 9.30. The number of fused-ring (bicyclic) bond motifs is 2. The molecule has 4 heteroatoms. The quantitative estimate of drug-likeness (QED) is 0.931. The van der Waals surface area contributed by atoms with E-state index < -0.39 is 0 Å². The van der Waals surface area contributed by atoms with Crippen molar-refractivity contribution in [2.75, 3.05) is 0 Å². The number of rotatable bonds is 4. The van der Waals surface area contributed by atoms with Gasteiger partial charge in [0.15, 0.2) is 0 Å². The average molecular weight is 335 g/mol. The van der Waals surface area contributed by atoms with Gasteiger partial charge in [-0.25, -0.2) is 0 Å². The number of carbonyl (C=O) groups excluding carboxylic acids is 1. The zero-order valence-electron chi connectivity index (χ0n) is 14.5. The van der Waals surface area contributed by atoms with Gasteiger partial charge >= 0.3 is 0 Å². The van der Waals surface area contributed by atoms with Crippen molar-refractivity contribution in [1.82, 2.24) is 15.2 Å². The number of nitrogens with zero attached hydrogens (tertiary/aromatic N) is 2. The van der Waals surface area contributed by atoms with E-state index in [0.29, 0.717) is 17.6 Å². The van der Waals surface area contributed by atoms with Gasteiger partial charge in [0, 0.05) is 42.6 Å². The van der Waals surface area contributed by atoms with Crippen molar-refractivity contribution < 1.29 is 4.79 Å². The Bertz CT molecular complexity index is 690. The number of pyridine rings is 1. The minimum atomic E-state index is 0.0296. The number of hydrogen-bond acceptors (Lipinski definition) is 3. The molecule has 2 aliphatic rings. The Morgan fingerprint density at radius 2 is 1.72 bits per heavy atom. The molecule has 0 aliphatic carbocycles. The third-order valence-electron chi connectivity index (χ3n) is 5.61. The Balaban J connectivity index is 1.41. The fraction of sp³-hybridized carbons (Fsp3) is 0.429. The van der Waals surface area contributed by atoms with E-state index in [2.05, 4.69) is 45.5 Å². The fourth-order valence-electron chi connectivity index (χ4n) is 4.42. The predicted octanol–water partition coefficient (Wildman–Crippen LogP) is 3.40. The van der Waals surface area contributed by atoms with Crippen molar-refractivity contribution in [1.29, 1.82) is 0 Å². The summed E-state index contributed by atoms with van der Waals surface area (Å²) < 4.78 is 0. The maximum Gasteiger partial charge on any atom is 0.251 e. The molecule has 2 fully saturated rings. The Hall–Kier alpha value is -2.20. The summed E-state index contributed by atoms with van der Waals surface area (Å²) in [6.07, 6.45) is 9.25. The molecular formula is C21H25N3O. The molecule has 2 aromatic rings. The van der Waals surface area contributed by atoms with Crippen LogP contribution in [0.3, 0.4) is 0 Å². The van der Waals surface area contributed by atoms with Gasteiger partial charge in [0.1, 0.15) is 0 Å². The van der Waals surface area contributed by atoms with Crippen LogP contribution in [0.4, 0.5) is 0 Å². The molecule has 1 aromatic heterocycles. The molecule has 1 unspecified atom stereocenters. The van der Waals surface area contributed by atoms with E-state index in [-0.39, 0.29) is 11.9 Å². The minimum Gasteiger partial charge on any atom is -0.349 e. The van der Waals surface area contributed by atoms with E-state index >= 15 is 0 Å². The molecule has 2 bridgehead atoms. The first-order valence-electron chi connectivity index (χ1n) is 9.30. The van der Waals surface area contributed by atoms with Crippen LogP contribution in [0.5, 0.6) is 0 Å². The van der Waals surface area contributed by atoms with Crippen molar-refractivity contribution >= 4 is 5.91 Å². The summed E-state index contributed by atoms with van der Waals surface area (Å²) in [6, 6.07) is 15.7. The molecule has 2 saturated heterocycles. The van der Waals surface area contributed by atoms with Crippen LogP contribution in [0.15, 0.2) is 54.9 Å². The van der Waals surface area contributed by atoms with E-state index in [9.17, 15) is 4.79 Å². The number of nitrogens with one attached hydrogen (secondary N) is 1. The van der Waals surface area contributed by atoms with Crippen LogP contribution in [-0.2, 0) is 6.54 Å². The highest BCUT2D eigenvalue weighted by atomic mass is 16.1. The van der Waals surface area contributed by atoms with Crippen LogP contribution in [0.1, 0.15) is 48.0 Å². The van der Waals surface area contributed by atoms with Crippen LogP contribution in [-0.4, -0.2) is 33.9 Å². The molecule has 25 heavy (non-hydrogen) atoms. The van der Waals surface area contributed by atoms with Crippen LogP contribution in [0, 0.1) is 0 Å². The van der Waals surface area contributed by atoms with E-state index in [0.717, 1.165) is 19.4 Å². The molecule has 2 aliphatic heterocycles. The maximum atomic E-state index is 12.5. The lowest BCUT2D eigenvalue weighted by Gasteiger charge is -2.49. The highest BCUT2D eigenvalue weighted by Crippen LogP contribution is 2.35. The van der Waals surface area contributed by atoms with Gasteiger partial charge in [0.05, 0.1) is 0 Å². The number of amides is 1. The van der Waals surface area contributed by atoms with Crippen molar-refractivity contribution in [2.45, 2.75) is 56.8 Å². The van der Waals surface area contributed by atoms with Crippen LogP contribution in [0.25, 0.3) is 0 Å². The topological polar surface area (TPSA) is 45.2 Å². The zero-order valence-corrected chi connectivity index (χ0v) is 14.5. The molecule has 4 nitrogen and oxygen atoms in total. The summed E-state index contributed by atoms with van der Waals surface area (Å²) in [6.45, 7) is 1.03. The Labute approximate surface area is 149 Å². The molecule has 0 radical (unpaired) electrons. The average Bonchev–Trinajstić information content (AvgIpc) is 2.64. The Kier molecular flexibility index (Phi) is 4.79. The van der Waals surface area contributed by atoms with Gasteiger partial charge in [-0.15, -0.1) is 0 Å². The fourth-order valence-corrected chi connectivity index (χ4v) is 4.42. The summed E-state index contributed by atoms with van der Waals surface area (Å²) in [4.78, 5) is 19.1. The molecule has 3 heterocycles. The van der Waals surface area contributed by atoms with E-state index in [1.54, 1.807) is 24.5 Å². The largest absolute Gasteiger partial charge is 0.349 e. The third-order valence-corrected chi connectivity index (χ3v) is 5.61. The van der Waals surface area contributed by atoms with Gasteiger partial charge < -0.3 is 5.32 Å². The number of hydrogen-bond donors (Lipinski definition) is 1. The molecule has 0 spiro atoms. The summed E-state index contributed by atoms with van der Waals surface area (Å²) >= 11 is 0. The molecular weight excluding hydrogens is 310 g/mol. The molecule has 1 N–H and O–H groups in total. The lowest BCUT2D eigenvalue weighted by molar-refractivity contribution is 0.0177. The second kappa shape index (κ2) is 7.36. The smallest absolute Gasteiger partial charge is 0.251 e. The first kappa shape index (κ1) is 16.3. The minimum absolute atomic E-state index is 0.0296. The molecule has 1 aromatic carbocycles.